The third kappa shape index (κ3) is 3.55. The van der Waals surface area contributed by atoms with Gasteiger partial charge in [-0.05, 0) is 47.7 Å². The van der Waals surface area contributed by atoms with Crippen LogP contribution in [0.4, 0.5) is 0 Å². The van der Waals surface area contributed by atoms with E-state index in [2.05, 4.69) is 20.2 Å². The van der Waals surface area contributed by atoms with Crippen LogP contribution in [0.25, 0.3) is 11.4 Å². The first kappa shape index (κ1) is 20.5. The molecule has 3 aliphatic rings. The zero-order valence-electron chi connectivity index (χ0n) is 17.6. The Kier molecular flexibility index (Phi) is 4.83. The number of tetrazole rings is 1. The minimum Gasteiger partial charge on any atom is -0.454 e. The molecule has 4 atom stereocenters. The average molecular weight is 471 g/mol. The summed E-state index contributed by atoms with van der Waals surface area (Å²) in [5, 5.41) is 12.2. The molecule has 3 aliphatic heterocycles. The molecule has 1 N–H and O–H groups in total. The van der Waals surface area contributed by atoms with Crippen LogP contribution in [0.3, 0.4) is 0 Å². The first-order chi connectivity index (χ1) is 16.0. The summed E-state index contributed by atoms with van der Waals surface area (Å²) in [6.45, 7) is 2.57. The predicted octanol–water partition coefficient (Wildman–Crippen LogP) is 1.06. The van der Waals surface area contributed by atoms with Gasteiger partial charge in [0, 0.05) is 5.56 Å². The van der Waals surface area contributed by atoms with Gasteiger partial charge in [0.25, 0.3) is 0 Å². The van der Waals surface area contributed by atoms with E-state index >= 15 is 0 Å². The van der Waals surface area contributed by atoms with Crippen molar-refractivity contribution in [3.05, 3.63) is 48.0 Å². The molecule has 0 amide bonds. The largest absolute Gasteiger partial charge is 0.454 e. The van der Waals surface area contributed by atoms with E-state index in [1.54, 1.807) is 28.9 Å². The zero-order valence-corrected chi connectivity index (χ0v) is 18.4. The van der Waals surface area contributed by atoms with Gasteiger partial charge in [-0.2, -0.15) is 0 Å². The van der Waals surface area contributed by atoms with Crippen molar-refractivity contribution in [2.75, 3.05) is 20.0 Å². The number of hydrogen-bond donors (Lipinski definition) is 1. The topological polar surface area (TPSA) is 127 Å². The number of benzene rings is 2. The van der Waals surface area contributed by atoms with Gasteiger partial charge in [0.1, 0.15) is 18.2 Å². The number of aryl methyl sites for hydroxylation is 1. The minimum absolute atomic E-state index is 0.178. The molecule has 0 saturated carbocycles. The Morgan fingerprint density at radius 3 is 2.64 bits per heavy atom. The van der Waals surface area contributed by atoms with Gasteiger partial charge in [-0.15, -0.1) is 5.10 Å². The van der Waals surface area contributed by atoms with Crippen LogP contribution in [0, 0.1) is 6.92 Å². The van der Waals surface area contributed by atoms with Crippen molar-refractivity contribution in [1.82, 2.24) is 24.9 Å². The van der Waals surface area contributed by atoms with Crippen molar-refractivity contribution >= 4 is 10.0 Å². The Hall–Kier alpha value is -3.06. The number of hydrogen-bond acceptors (Lipinski definition) is 9. The summed E-state index contributed by atoms with van der Waals surface area (Å²) in [5.74, 6) is 1.84. The molecular formula is C21H21N5O6S. The van der Waals surface area contributed by atoms with Crippen LogP contribution in [-0.2, 0) is 19.5 Å². The lowest BCUT2D eigenvalue weighted by Gasteiger charge is -2.18. The van der Waals surface area contributed by atoms with Gasteiger partial charge in [-0.3, -0.25) is 0 Å². The summed E-state index contributed by atoms with van der Waals surface area (Å²) < 4.78 is 52.9. The third-order valence-corrected chi connectivity index (χ3v) is 7.61. The number of rotatable bonds is 5. The Bertz CT molecular complexity index is 1290. The quantitative estimate of drug-likeness (QED) is 0.581. The van der Waals surface area contributed by atoms with E-state index in [-0.39, 0.29) is 24.3 Å². The van der Waals surface area contributed by atoms with Gasteiger partial charge >= 0.3 is 0 Å². The summed E-state index contributed by atoms with van der Waals surface area (Å²) in [6.07, 6.45) is -0.851. The Balaban J connectivity index is 1.22. The van der Waals surface area contributed by atoms with Crippen LogP contribution in [-0.4, -0.2) is 66.9 Å². The molecule has 2 aromatic carbocycles. The molecule has 0 unspecified atom stereocenters. The molecular weight excluding hydrogens is 450 g/mol. The van der Waals surface area contributed by atoms with Crippen LogP contribution < -0.4 is 14.2 Å². The molecule has 2 saturated heterocycles. The Morgan fingerprint density at radius 2 is 1.79 bits per heavy atom. The molecule has 3 aromatic rings. The monoisotopic (exact) mass is 471 g/mol. The van der Waals surface area contributed by atoms with Crippen LogP contribution in [0.15, 0.2) is 47.4 Å². The van der Waals surface area contributed by atoms with Gasteiger partial charge in [-0.1, -0.05) is 17.7 Å². The van der Waals surface area contributed by atoms with Crippen LogP contribution in [0.5, 0.6) is 11.5 Å². The van der Waals surface area contributed by atoms with Gasteiger partial charge in [0.05, 0.1) is 24.2 Å². The van der Waals surface area contributed by atoms with Crippen LogP contribution in [0.2, 0.25) is 0 Å². The average Bonchev–Trinajstić information content (AvgIpc) is 3.58. The number of aromatic nitrogens is 4. The fourth-order valence-corrected chi connectivity index (χ4v) is 5.65. The maximum absolute atomic E-state index is 12.8. The number of sulfonamides is 1. The van der Waals surface area contributed by atoms with E-state index < -0.39 is 28.3 Å². The maximum atomic E-state index is 12.8. The molecule has 0 bridgehead atoms. The van der Waals surface area contributed by atoms with Gasteiger partial charge in [-0.25, -0.2) is 17.8 Å². The van der Waals surface area contributed by atoms with Gasteiger partial charge in [0.15, 0.2) is 17.3 Å². The van der Waals surface area contributed by atoms with E-state index in [1.807, 2.05) is 25.1 Å². The summed E-state index contributed by atoms with van der Waals surface area (Å²) in [5.41, 5.74) is 1.75. The molecule has 0 aliphatic carbocycles. The summed E-state index contributed by atoms with van der Waals surface area (Å²) in [7, 11) is -3.71. The first-order valence-electron chi connectivity index (χ1n) is 10.5. The van der Waals surface area contributed by atoms with Crippen molar-refractivity contribution in [1.29, 1.82) is 0 Å². The van der Waals surface area contributed by atoms with E-state index in [0.717, 1.165) is 11.1 Å². The second-order valence-corrected chi connectivity index (χ2v) is 9.93. The fraction of sp³-hybridized carbons (Fsp3) is 0.381. The first-order valence-corrected chi connectivity index (χ1v) is 12.0. The Morgan fingerprint density at radius 1 is 1.00 bits per heavy atom. The molecule has 0 spiro atoms. The second-order valence-electron chi connectivity index (χ2n) is 8.22. The van der Waals surface area contributed by atoms with E-state index in [9.17, 15) is 8.42 Å². The molecule has 11 nitrogen and oxygen atoms in total. The minimum atomic E-state index is -3.71. The highest BCUT2D eigenvalue weighted by molar-refractivity contribution is 7.89. The lowest BCUT2D eigenvalue weighted by Crippen LogP contribution is -2.44. The molecule has 12 heteroatoms. The van der Waals surface area contributed by atoms with E-state index in [0.29, 0.717) is 23.9 Å². The van der Waals surface area contributed by atoms with Crippen molar-refractivity contribution < 1.29 is 27.4 Å². The van der Waals surface area contributed by atoms with Crippen LogP contribution in [0.1, 0.15) is 11.6 Å². The molecule has 33 heavy (non-hydrogen) atoms. The number of nitrogens with zero attached hydrogens (tertiary/aromatic N) is 4. The predicted molar refractivity (Wildman–Crippen MR) is 113 cm³/mol. The van der Waals surface area contributed by atoms with E-state index in [1.165, 1.54) is 0 Å². The Labute approximate surface area is 189 Å². The highest BCUT2D eigenvalue weighted by Gasteiger charge is 2.50. The number of nitrogens with one attached hydrogen (secondary N) is 1. The highest BCUT2D eigenvalue weighted by atomic mass is 32.2. The fourth-order valence-electron chi connectivity index (χ4n) is 4.42. The van der Waals surface area contributed by atoms with Crippen molar-refractivity contribution in [3.63, 3.8) is 0 Å². The molecule has 1 aromatic heterocycles. The van der Waals surface area contributed by atoms with Crippen molar-refractivity contribution in [2.45, 2.75) is 36.1 Å². The standard InChI is InChI=1S/C21H21N5O6S/c1-12-2-5-14(6-3-12)33(27,28)23-15-9-29-20-16(10-30-19(15)20)26-21(22-24-25-26)13-4-7-17-18(8-13)32-11-31-17/h2-8,15-16,19-20,23H,9-11H2,1H3/t15-,16+,19-,20+/m1/s1. The number of fused-ring (bicyclic) bond motifs is 2. The molecule has 0 radical (unpaired) electrons. The van der Waals surface area contributed by atoms with Crippen LogP contribution >= 0.6 is 0 Å². The summed E-state index contributed by atoms with van der Waals surface area (Å²) >= 11 is 0. The molecule has 4 heterocycles. The normalized spacial score (nSPS) is 26.0. The smallest absolute Gasteiger partial charge is 0.240 e. The molecule has 172 valence electrons. The maximum Gasteiger partial charge on any atom is 0.240 e. The summed E-state index contributed by atoms with van der Waals surface area (Å²) in [4.78, 5) is 0.205. The lowest BCUT2D eigenvalue weighted by atomic mass is 10.1. The zero-order chi connectivity index (χ0) is 22.6. The molecule has 6 rings (SSSR count). The summed E-state index contributed by atoms with van der Waals surface area (Å²) in [6, 6.07) is 11.4. The van der Waals surface area contributed by atoms with Crippen molar-refractivity contribution in [2.24, 2.45) is 0 Å². The lowest BCUT2D eigenvalue weighted by molar-refractivity contribution is 0.0626. The molecule has 2 fully saturated rings. The van der Waals surface area contributed by atoms with Gasteiger partial charge in [0.2, 0.25) is 16.8 Å². The third-order valence-electron chi connectivity index (χ3n) is 6.10. The van der Waals surface area contributed by atoms with Gasteiger partial charge < -0.3 is 18.9 Å². The SMILES string of the molecule is Cc1ccc(S(=O)(=O)N[C@@H]2CO[C@@H]3[C@@H]2OC[C@@H]3n2nnnc2-c2ccc3c(c2)OCO3)cc1. The van der Waals surface area contributed by atoms with Crippen molar-refractivity contribution in [3.8, 4) is 22.9 Å². The van der Waals surface area contributed by atoms with E-state index in [4.69, 9.17) is 18.9 Å². The highest BCUT2D eigenvalue weighted by Crippen LogP contribution is 2.38. The second kappa shape index (κ2) is 7.76. The number of ether oxygens (including phenoxy) is 4.